The van der Waals surface area contributed by atoms with Crippen LogP contribution in [0.25, 0.3) is 11.1 Å². The van der Waals surface area contributed by atoms with Crippen LogP contribution in [-0.2, 0) is 11.2 Å². The first-order valence-electron chi connectivity index (χ1n) is 10.9. The number of hydrogen-bond acceptors (Lipinski definition) is 4. The zero-order valence-corrected chi connectivity index (χ0v) is 18.6. The highest BCUT2D eigenvalue weighted by atomic mass is 16.2. The van der Waals surface area contributed by atoms with E-state index in [-0.39, 0.29) is 11.8 Å². The van der Waals surface area contributed by atoms with Gasteiger partial charge in [0.15, 0.2) is 0 Å². The van der Waals surface area contributed by atoms with Gasteiger partial charge in [-0.2, -0.15) is 0 Å². The van der Waals surface area contributed by atoms with Gasteiger partial charge in [0.25, 0.3) is 5.91 Å². The van der Waals surface area contributed by atoms with E-state index in [1.165, 1.54) is 0 Å². The third-order valence-corrected chi connectivity index (χ3v) is 6.29. The van der Waals surface area contributed by atoms with Gasteiger partial charge in [0.2, 0.25) is 5.91 Å². The van der Waals surface area contributed by atoms with Crippen LogP contribution in [0.4, 0.5) is 0 Å². The second-order valence-corrected chi connectivity index (χ2v) is 8.62. The Labute approximate surface area is 188 Å². The summed E-state index contributed by atoms with van der Waals surface area (Å²) in [7, 11) is 3.62. The maximum absolute atomic E-state index is 13.3. The molecule has 2 aromatic heterocycles. The minimum absolute atomic E-state index is 0.000810. The number of carbonyl (C=O) groups excluding carboxylic acids is 2. The van der Waals surface area contributed by atoms with Crippen molar-refractivity contribution in [1.29, 1.82) is 0 Å². The average Bonchev–Trinajstić information content (AvgIpc) is 2.85. The van der Waals surface area contributed by atoms with Crippen molar-refractivity contribution in [3.05, 3.63) is 84.4 Å². The van der Waals surface area contributed by atoms with Crippen LogP contribution in [0.1, 0.15) is 28.8 Å². The molecule has 1 aromatic carbocycles. The van der Waals surface area contributed by atoms with Crippen molar-refractivity contribution in [2.45, 2.75) is 19.3 Å². The lowest BCUT2D eigenvalue weighted by Crippen LogP contribution is -2.51. The van der Waals surface area contributed by atoms with Gasteiger partial charge < -0.3 is 9.80 Å². The number of carbonyl (C=O) groups is 2. The Bertz CT molecular complexity index is 1060. The highest BCUT2D eigenvalue weighted by Gasteiger charge is 2.43. The summed E-state index contributed by atoms with van der Waals surface area (Å²) in [5.41, 5.74) is 3.43. The highest BCUT2D eigenvalue weighted by molar-refractivity contribution is 5.94. The molecule has 0 atom stereocenters. The predicted molar refractivity (Wildman–Crippen MR) is 124 cm³/mol. The molecule has 0 bridgehead atoms. The monoisotopic (exact) mass is 428 g/mol. The van der Waals surface area contributed by atoms with Crippen molar-refractivity contribution in [2.75, 3.05) is 27.2 Å². The van der Waals surface area contributed by atoms with E-state index in [0.717, 1.165) is 16.7 Å². The maximum atomic E-state index is 13.3. The topological polar surface area (TPSA) is 66.4 Å². The number of likely N-dealkylation sites (tertiary alicyclic amines) is 1. The van der Waals surface area contributed by atoms with Crippen molar-refractivity contribution in [1.82, 2.24) is 19.8 Å². The van der Waals surface area contributed by atoms with Crippen molar-refractivity contribution < 1.29 is 9.59 Å². The van der Waals surface area contributed by atoms with Crippen LogP contribution in [0.3, 0.4) is 0 Å². The molecule has 3 heterocycles. The number of pyridine rings is 2. The molecule has 0 N–H and O–H groups in total. The second kappa shape index (κ2) is 9.30. The van der Waals surface area contributed by atoms with Crippen LogP contribution < -0.4 is 0 Å². The number of rotatable bonds is 5. The molecule has 0 radical (unpaired) electrons. The molecule has 0 spiro atoms. The van der Waals surface area contributed by atoms with Gasteiger partial charge in [-0.25, -0.2) is 0 Å². The number of benzene rings is 1. The van der Waals surface area contributed by atoms with Crippen molar-refractivity contribution in [3.8, 4) is 11.1 Å². The van der Waals surface area contributed by atoms with Gasteiger partial charge in [-0.3, -0.25) is 19.6 Å². The third kappa shape index (κ3) is 4.54. The molecule has 32 heavy (non-hydrogen) atoms. The van der Waals surface area contributed by atoms with Gasteiger partial charge in [-0.05, 0) is 54.2 Å². The SMILES string of the molecule is CN(C)C(=O)C1(Cc2ccc(-c3cccnc3)cc2)CCN(C(=O)c2ccncc2)CC1. The first kappa shape index (κ1) is 21.7. The minimum atomic E-state index is -0.506. The Kier molecular flexibility index (Phi) is 6.30. The van der Waals surface area contributed by atoms with Crippen molar-refractivity contribution in [2.24, 2.45) is 5.41 Å². The van der Waals surface area contributed by atoms with E-state index >= 15 is 0 Å². The molecule has 0 saturated carbocycles. The molecule has 164 valence electrons. The summed E-state index contributed by atoms with van der Waals surface area (Å²) in [4.78, 5) is 37.8. The first-order chi connectivity index (χ1) is 15.5. The molecule has 3 aromatic rings. The van der Waals surface area contributed by atoms with E-state index in [0.29, 0.717) is 37.9 Å². The molecular formula is C26H28N4O2. The second-order valence-electron chi connectivity index (χ2n) is 8.62. The summed E-state index contributed by atoms with van der Waals surface area (Å²) >= 11 is 0. The molecule has 0 aliphatic carbocycles. The normalized spacial score (nSPS) is 15.2. The zero-order valence-electron chi connectivity index (χ0n) is 18.6. The lowest BCUT2D eigenvalue weighted by Gasteiger charge is -2.42. The molecule has 1 fully saturated rings. The number of aromatic nitrogens is 2. The van der Waals surface area contributed by atoms with Gasteiger partial charge in [-0.15, -0.1) is 0 Å². The molecule has 2 amide bonds. The highest BCUT2D eigenvalue weighted by Crippen LogP contribution is 2.37. The summed E-state index contributed by atoms with van der Waals surface area (Å²) < 4.78 is 0. The Hall–Kier alpha value is -3.54. The summed E-state index contributed by atoms with van der Waals surface area (Å²) in [6.07, 6.45) is 8.82. The van der Waals surface area contributed by atoms with Crippen LogP contribution in [0, 0.1) is 5.41 Å². The summed E-state index contributed by atoms with van der Waals surface area (Å²) in [5, 5.41) is 0. The lowest BCUT2D eigenvalue weighted by molar-refractivity contribution is -0.142. The number of amides is 2. The minimum Gasteiger partial charge on any atom is -0.348 e. The fraction of sp³-hybridized carbons (Fsp3) is 0.308. The number of hydrogen-bond donors (Lipinski definition) is 0. The number of piperidine rings is 1. The van der Waals surface area contributed by atoms with E-state index in [1.807, 2.05) is 37.3 Å². The standard InChI is InChI=1S/C26H28N4O2/c1-29(2)25(32)26(11-16-30(17-12-26)24(31)22-9-14-27-15-10-22)18-20-5-7-21(8-6-20)23-4-3-13-28-19-23/h3-10,13-15,19H,11-12,16-18H2,1-2H3. The van der Waals surface area contributed by atoms with Crippen molar-refractivity contribution >= 4 is 11.8 Å². The van der Waals surface area contributed by atoms with Gasteiger partial charge in [0, 0.05) is 57.5 Å². The quantitative estimate of drug-likeness (QED) is 0.622. The molecule has 1 aliphatic heterocycles. The smallest absolute Gasteiger partial charge is 0.253 e. The predicted octanol–water partition coefficient (Wildman–Crippen LogP) is 3.70. The Morgan fingerprint density at radius 1 is 0.906 bits per heavy atom. The van der Waals surface area contributed by atoms with Crippen molar-refractivity contribution in [3.63, 3.8) is 0 Å². The maximum Gasteiger partial charge on any atom is 0.253 e. The Balaban J connectivity index is 1.51. The van der Waals surface area contributed by atoms with Gasteiger partial charge in [-0.1, -0.05) is 30.3 Å². The molecule has 6 nitrogen and oxygen atoms in total. The van der Waals surface area contributed by atoms with E-state index in [2.05, 4.69) is 34.2 Å². The lowest BCUT2D eigenvalue weighted by atomic mass is 9.72. The van der Waals surface area contributed by atoms with E-state index in [9.17, 15) is 9.59 Å². The molecule has 4 rings (SSSR count). The van der Waals surface area contributed by atoms with Gasteiger partial charge in [0.1, 0.15) is 0 Å². The first-order valence-corrected chi connectivity index (χ1v) is 10.9. The van der Waals surface area contributed by atoms with Gasteiger partial charge >= 0.3 is 0 Å². The fourth-order valence-corrected chi connectivity index (χ4v) is 4.49. The largest absolute Gasteiger partial charge is 0.348 e. The fourth-order valence-electron chi connectivity index (χ4n) is 4.49. The molecule has 0 unspecified atom stereocenters. The average molecular weight is 429 g/mol. The van der Waals surface area contributed by atoms with Crippen LogP contribution in [0.5, 0.6) is 0 Å². The number of nitrogens with zero attached hydrogens (tertiary/aromatic N) is 4. The van der Waals surface area contributed by atoms with E-state index in [4.69, 9.17) is 0 Å². The molecule has 6 heteroatoms. The van der Waals surface area contributed by atoms with Crippen LogP contribution in [0.2, 0.25) is 0 Å². The Morgan fingerprint density at radius 3 is 2.19 bits per heavy atom. The zero-order chi connectivity index (χ0) is 22.6. The summed E-state index contributed by atoms with van der Waals surface area (Å²) in [5.74, 6) is 0.129. The van der Waals surface area contributed by atoms with Crippen LogP contribution in [-0.4, -0.2) is 58.8 Å². The third-order valence-electron chi connectivity index (χ3n) is 6.29. The molecule has 1 aliphatic rings. The van der Waals surface area contributed by atoms with Gasteiger partial charge in [0.05, 0.1) is 5.41 Å². The van der Waals surface area contributed by atoms with E-state index < -0.39 is 5.41 Å². The Morgan fingerprint density at radius 2 is 1.59 bits per heavy atom. The molecule has 1 saturated heterocycles. The summed E-state index contributed by atoms with van der Waals surface area (Å²) in [6.45, 7) is 1.13. The van der Waals surface area contributed by atoms with E-state index in [1.54, 1.807) is 35.6 Å². The summed E-state index contributed by atoms with van der Waals surface area (Å²) in [6, 6.07) is 15.8. The van der Waals surface area contributed by atoms with Crippen LogP contribution >= 0.6 is 0 Å². The molecular weight excluding hydrogens is 400 g/mol. The van der Waals surface area contributed by atoms with Crippen LogP contribution in [0.15, 0.2) is 73.3 Å².